The van der Waals surface area contributed by atoms with E-state index in [9.17, 15) is 13.2 Å². The number of carbonyl (C=O) groups excluding carboxylic acids is 1. The molecule has 0 aromatic carbocycles. The van der Waals surface area contributed by atoms with Gasteiger partial charge in [-0.05, 0) is 23.7 Å². The molecule has 1 fully saturated rings. The molecule has 5 nitrogen and oxygen atoms in total. The summed E-state index contributed by atoms with van der Waals surface area (Å²) in [6.07, 6.45) is 1.58. The first-order chi connectivity index (χ1) is 8.29. The number of hydrogen-bond donors (Lipinski definition) is 2. The summed E-state index contributed by atoms with van der Waals surface area (Å²) < 4.78 is 29.9. The molecule has 0 radical (unpaired) electrons. The predicted octanol–water partition coefficient (Wildman–Crippen LogP) is 1.84. The maximum atomic E-state index is 12.3. The minimum absolute atomic E-state index is 0.0359. The van der Waals surface area contributed by atoms with Crippen LogP contribution < -0.4 is 5.32 Å². The van der Waals surface area contributed by atoms with Gasteiger partial charge in [0.25, 0.3) is 10.1 Å². The van der Waals surface area contributed by atoms with Crippen LogP contribution in [0.1, 0.15) is 47.5 Å². The molecule has 1 saturated carbocycles. The Morgan fingerprint density at radius 2 is 1.79 bits per heavy atom. The Morgan fingerprint density at radius 3 is 2.11 bits per heavy atom. The van der Waals surface area contributed by atoms with E-state index in [-0.39, 0.29) is 23.3 Å². The molecule has 0 heterocycles. The van der Waals surface area contributed by atoms with E-state index in [1.165, 1.54) is 0 Å². The molecule has 1 aliphatic rings. The van der Waals surface area contributed by atoms with E-state index in [0.717, 1.165) is 12.8 Å². The van der Waals surface area contributed by atoms with Gasteiger partial charge in [-0.15, -0.1) is 0 Å². The van der Waals surface area contributed by atoms with E-state index < -0.39 is 21.3 Å². The highest BCUT2D eigenvalue weighted by Gasteiger charge is 2.66. The second-order valence-electron chi connectivity index (χ2n) is 7.42. The van der Waals surface area contributed by atoms with Gasteiger partial charge >= 0.3 is 0 Å². The topological polar surface area (TPSA) is 83.5 Å². The molecule has 0 saturated heterocycles. The summed E-state index contributed by atoms with van der Waals surface area (Å²) in [5.41, 5.74) is -0.429. The Kier molecular flexibility index (Phi) is 4.10. The molecule has 1 atom stereocenters. The van der Waals surface area contributed by atoms with Crippen LogP contribution in [0.5, 0.6) is 0 Å². The first kappa shape index (κ1) is 16.4. The maximum absolute atomic E-state index is 12.3. The summed E-state index contributed by atoms with van der Waals surface area (Å²) in [5.74, 6) is -0.541. The van der Waals surface area contributed by atoms with Crippen LogP contribution in [0.4, 0.5) is 0 Å². The molecular weight excluding hydrogens is 266 g/mol. The lowest BCUT2D eigenvalue weighted by molar-refractivity contribution is -0.128. The zero-order valence-corrected chi connectivity index (χ0v) is 13.2. The van der Waals surface area contributed by atoms with Gasteiger partial charge in [-0.2, -0.15) is 8.42 Å². The highest BCUT2D eigenvalue weighted by Crippen LogP contribution is 2.67. The number of amides is 1. The van der Waals surface area contributed by atoms with Gasteiger partial charge in [-0.25, -0.2) is 0 Å². The molecule has 112 valence electrons. The van der Waals surface area contributed by atoms with Crippen LogP contribution in [0.3, 0.4) is 0 Å². The summed E-state index contributed by atoms with van der Waals surface area (Å²) >= 11 is 0. The molecule has 6 heteroatoms. The van der Waals surface area contributed by atoms with Gasteiger partial charge in [0.05, 0.1) is 11.2 Å². The molecule has 1 unspecified atom stereocenters. The molecule has 0 spiro atoms. The molecule has 0 aliphatic heterocycles. The van der Waals surface area contributed by atoms with Crippen LogP contribution in [-0.4, -0.2) is 31.2 Å². The first-order valence-corrected chi connectivity index (χ1v) is 8.14. The van der Waals surface area contributed by atoms with Crippen LogP contribution in [-0.2, 0) is 14.9 Å². The number of rotatable bonds is 5. The lowest BCUT2D eigenvalue weighted by atomic mass is 9.78. The molecule has 2 N–H and O–H groups in total. The molecule has 0 bridgehead atoms. The standard InChI is InChI=1S/C13H25NO4S/c1-11(2,3)8-13(9-12(13,4)5)10(15)14-6-7-19(16,17)18/h6-9H2,1-5H3,(H,14,15)(H,16,17,18). The Bertz CT molecular complexity index is 462. The third-order valence-corrected chi connectivity index (χ3v) is 4.55. The van der Waals surface area contributed by atoms with Crippen LogP contribution in [0.15, 0.2) is 0 Å². The van der Waals surface area contributed by atoms with Gasteiger partial charge in [0.2, 0.25) is 5.91 Å². The highest BCUT2D eigenvalue weighted by atomic mass is 32.2. The third-order valence-electron chi connectivity index (χ3n) is 3.83. The lowest BCUT2D eigenvalue weighted by Crippen LogP contribution is -2.39. The van der Waals surface area contributed by atoms with Gasteiger partial charge in [-0.1, -0.05) is 34.6 Å². The van der Waals surface area contributed by atoms with Crippen molar-refractivity contribution in [2.75, 3.05) is 12.3 Å². The quantitative estimate of drug-likeness (QED) is 0.757. The van der Waals surface area contributed by atoms with Crippen molar-refractivity contribution >= 4 is 16.0 Å². The number of nitrogens with one attached hydrogen (secondary N) is 1. The summed E-state index contributed by atoms with van der Waals surface area (Å²) in [4.78, 5) is 12.3. The molecule has 1 aliphatic carbocycles. The normalized spacial score (nSPS) is 26.0. The van der Waals surface area contributed by atoms with Gasteiger partial charge < -0.3 is 5.32 Å². The van der Waals surface area contributed by atoms with Gasteiger partial charge in [0.1, 0.15) is 0 Å². The van der Waals surface area contributed by atoms with Crippen molar-refractivity contribution in [3.63, 3.8) is 0 Å². The third kappa shape index (κ3) is 4.18. The van der Waals surface area contributed by atoms with Crippen LogP contribution in [0.2, 0.25) is 0 Å². The molecular formula is C13H25NO4S. The van der Waals surface area contributed by atoms with E-state index in [1.54, 1.807) is 0 Å². The summed E-state index contributed by atoms with van der Waals surface area (Å²) in [7, 11) is -4.02. The first-order valence-electron chi connectivity index (χ1n) is 6.53. The molecule has 0 aromatic heterocycles. The maximum Gasteiger partial charge on any atom is 0.266 e. The summed E-state index contributed by atoms with van der Waals surface area (Å²) in [5, 5.41) is 2.64. The second-order valence-corrected chi connectivity index (χ2v) is 8.99. The van der Waals surface area contributed by atoms with Crippen LogP contribution in [0.25, 0.3) is 0 Å². The van der Waals surface area contributed by atoms with Crippen molar-refractivity contribution in [3.8, 4) is 0 Å². The van der Waals surface area contributed by atoms with Crippen LogP contribution >= 0.6 is 0 Å². The van der Waals surface area contributed by atoms with E-state index in [4.69, 9.17) is 4.55 Å². The average molecular weight is 291 g/mol. The van der Waals surface area contributed by atoms with Gasteiger partial charge in [0, 0.05) is 6.54 Å². The number of hydrogen-bond acceptors (Lipinski definition) is 3. The van der Waals surface area contributed by atoms with E-state index in [0.29, 0.717) is 0 Å². The molecule has 19 heavy (non-hydrogen) atoms. The van der Waals surface area contributed by atoms with Crippen molar-refractivity contribution in [1.82, 2.24) is 5.32 Å². The minimum atomic E-state index is -4.02. The molecule has 1 rings (SSSR count). The Morgan fingerprint density at radius 1 is 1.32 bits per heavy atom. The smallest absolute Gasteiger partial charge is 0.266 e. The monoisotopic (exact) mass is 291 g/mol. The predicted molar refractivity (Wildman–Crippen MR) is 74.3 cm³/mol. The Labute approximate surface area is 115 Å². The van der Waals surface area contributed by atoms with Crippen molar-refractivity contribution in [2.24, 2.45) is 16.2 Å². The zero-order chi connectivity index (χ0) is 15.1. The Hall–Kier alpha value is -0.620. The SMILES string of the molecule is CC(C)(C)CC1(C(=O)NCCS(=O)(=O)O)CC1(C)C. The average Bonchev–Trinajstić information content (AvgIpc) is 2.63. The largest absolute Gasteiger partial charge is 0.354 e. The van der Waals surface area contributed by atoms with E-state index >= 15 is 0 Å². The van der Waals surface area contributed by atoms with Gasteiger partial charge in [-0.3, -0.25) is 9.35 Å². The highest BCUT2D eigenvalue weighted by molar-refractivity contribution is 7.85. The van der Waals surface area contributed by atoms with E-state index in [1.807, 2.05) is 0 Å². The van der Waals surface area contributed by atoms with Crippen molar-refractivity contribution in [3.05, 3.63) is 0 Å². The van der Waals surface area contributed by atoms with Crippen molar-refractivity contribution < 1.29 is 17.8 Å². The fraction of sp³-hybridized carbons (Fsp3) is 0.923. The summed E-state index contributed by atoms with van der Waals surface area (Å²) in [6, 6.07) is 0. The van der Waals surface area contributed by atoms with Gasteiger partial charge in [0.15, 0.2) is 0 Å². The minimum Gasteiger partial charge on any atom is -0.354 e. The number of carbonyl (C=O) groups is 1. The zero-order valence-electron chi connectivity index (χ0n) is 12.4. The van der Waals surface area contributed by atoms with E-state index in [2.05, 4.69) is 39.9 Å². The van der Waals surface area contributed by atoms with Crippen LogP contribution in [0, 0.1) is 16.2 Å². The lowest BCUT2D eigenvalue weighted by Gasteiger charge is -2.28. The van der Waals surface area contributed by atoms with Crippen molar-refractivity contribution in [1.29, 1.82) is 0 Å². The molecule has 0 aromatic rings. The second kappa shape index (κ2) is 4.74. The fourth-order valence-electron chi connectivity index (χ4n) is 2.85. The van der Waals surface area contributed by atoms with Crippen molar-refractivity contribution in [2.45, 2.75) is 47.5 Å². The Balaban J connectivity index is 2.67. The molecule has 1 amide bonds. The fourth-order valence-corrected chi connectivity index (χ4v) is 3.21. The summed E-state index contributed by atoms with van der Waals surface area (Å²) in [6.45, 7) is 10.3.